The van der Waals surface area contributed by atoms with Gasteiger partial charge in [0.25, 0.3) is 0 Å². The minimum absolute atomic E-state index is 0.0206. The lowest BCUT2D eigenvalue weighted by atomic mass is 9.99. The molecule has 2 unspecified atom stereocenters. The molecule has 1 fully saturated rings. The number of carbonyl (C=O) groups is 2. The van der Waals surface area contributed by atoms with Gasteiger partial charge < -0.3 is 20.1 Å². The van der Waals surface area contributed by atoms with E-state index in [9.17, 15) is 9.59 Å². The average molecular weight is 258 g/mol. The maximum Gasteiger partial charge on any atom is 0.317 e. The number of carbonyl (C=O) groups excluding carboxylic acids is 1. The zero-order valence-electron chi connectivity index (χ0n) is 11.0. The number of methoxy groups -OCH3 is 1. The van der Waals surface area contributed by atoms with Crippen molar-refractivity contribution < 1.29 is 19.4 Å². The lowest BCUT2D eigenvalue weighted by Gasteiger charge is -2.32. The summed E-state index contributed by atoms with van der Waals surface area (Å²) >= 11 is 0. The quantitative estimate of drug-likeness (QED) is 0.768. The van der Waals surface area contributed by atoms with Crippen LogP contribution in [0.15, 0.2) is 0 Å². The largest absolute Gasteiger partial charge is 0.481 e. The zero-order chi connectivity index (χ0) is 13.5. The smallest absolute Gasteiger partial charge is 0.317 e. The summed E-state index contributed by atoms with van der Waals surface area (Å²) in [7, 11) is 1.59. The molecule has 0 aromatic rings. The lowest BCUT2D eigenvalue weighted by molar-refractivity contribution is -0.143. The van der Waals surface area contributed by atoms with E-state index < -0.39 is 11.9 Å². The number of piperidine rings is 1. The van der Waals surface area contributed by atoms with Gasteiger partial charge in [-0.3, -0.25) is 4.79 Å². The topological polar surface area (TPSA) is 78.9 Å². The summed E-state index contributed by atoms with van der Waals surface area (Å²) in [6.45, 7) is 3.36. The van der Waals surface area contributed by atoms with Gasteiger partial charge >= 0.3 is 12.0 Å². The SMILES string of the molecule is CCC(COC)NC(=O)N1CCCC(C(=O)O)C1. The summed E-state index contributed by atoms with van der Waals surface area (Å²) in [5, 5.41) is 11.8. The van der Waals surface area contributed by atoms with Crippen LogP contribution < -0.4 is 5.32 Å². The number of carboxylic acid groups (broad SMARTS) is 1. The van der Waals surface area contributed by atoms with Gasteiger partial charge in [0.05, 0.1) is 18.6 Å². The molecular formula is C12H22N2O4. The highest BCUT2D eigenvalue weighted by molar-refractivity contribution is 5.76. The van der Waals surface area contributed by atoms with Crippen molar-refractivity contribution in [1.82, 2.24) is 10.2 Å². The second kappa shape index (κ2) is 7.20. The van der Waals surface area contributed by atoms with Crippen LogP contribution in [0.2, 0.25) is 0 Å². The average Bonchev–Trinajstić information content (AvgIpc) is 2.38. The van der Waals surface area contributed by atoms with E-state index in [0.29, 0.717) is 26.1 Å². The van der Waals surface area contributed by atoms with Crippen molar-refractivity contribution in [3.63, 3.8) is 0 Å². The fourth-order valence-electron chi connectivity index (χ4n) is 2.09. The number of likely N-dealkylation sites (tertiary alicyclic amines) is 1. The molecule has 0 aliphatic carbocycles. The van der Waals surface area contributed by atoms with Gasteiger partial charge in [0.15, 0.2) is 0 Å². The van der Waals surface area contributed by atoms with Gasteiger partial charge in [-0.1, -0.05) is 6.92 Å². The number of nitrogens with zero attached hydrogens (tertiary/aromatic N) is 1. The monoisotopic (exact) mass is 258 g/mol. The summed E-state index contributed by atoms with van der Waals surface area (Å²) in [5.74, 6) is -1.26. The Balaban J connectivity index is 2.47. The Morgan fingerprint density at radius 2 is 2.28 bits per heavy atom. The van der Waals surface area contributed by atoms with Crippen molar-refractivity contribution in [1.29, 1.82) is 0 Å². The van der Waals surface area contributed by atoms with E-state index in [4.69, 9.17) is 9.84 Å². The van der Waals surface area contributed by atoms with Crippen LogP contribution in [0.1, 0.15) is 26.2 Å². The van der Waals surface area contributed by atoms with E-state index in [0.717, 1.165) is 12.8 Å². The first-order valence-electron chi connectivity index (χ1n) is 6.35. The maximum atomic E-state index is 12.0. The van der Waals surface area contributed by atoms with E-state index in [1.807, 2.05) is 6.92 Å². The number of nitrogens with one attached hydrogen (secondary N) is 1. The first-order valence-corrected chi connectivity index (χ1v) is 6.35. The van der Waals surface area contributed by atoms with E-state index >= 15 is 0 Å². The lowest BCUT2D eigenvalue weighted by Crippen LogP contribution is -2.50. The van der Waals surface area contributed by atoms with Crippen LogP contribution in [0.25, 0.3) is 0 Å². The van der Waals surface area contributed by atoms with E-state index in [1.54, 1.807) is 12.0 Å². The molecule has 6 heteroatoms. The minimum Gasteiger partial charge on any atom is -0.481 e. The van der Waals surface area contributed by atoms with Crippen molar-refractivity contribution in [3.8, 4) is 0 Å². The van der Waals surface area contributed by atoms with E-state index in [2.05, 4.69) is 5.32 Å². The van der Waals surface area contributed by atoms with E-state index in [1.165, 1.54) is 0 Å². The molecule has 0 aromatic heterocycles. The second-order valence-electron chi connectivity index (χ2n) is 4.63. The summed E-state index contributed by atoms with van der Waals surface area (Å²) in [6, 6.07) is -0.211. The molecule has 18 heavy (non-hydrogen) atoms. The summed E-state index contributed by atoms with van der Waals surface area (Å²) in [5.41, 5.74) is 0. The predicted molar refractivity (Wildman–Crippen MR) is 66.4 cm³/mol. The number of carboxylic acids is 1. The number of hydrogen-bond acceptors (Lipinski definition) is 3. The normalized spacial score (nSPS) is 21.4. The van der Waals surface area contributed by atoms with Gasteiger partial charge in [0.2, 0.25) is 0 Å². The molecular weight excluding hydrogens is 236 g/mol. The summed E-state index contributed by atoms with van der Waals surface area (Å²) < 4.78 is 5.02. The molecule has 0 bridgehead atoms. The number of rotatable bonds is 5. The molecule has 2 amide bonds. The Labute approximate surface area is 107 Å². The first kappa shape index (κ1) is 14.8. The molecule has 0 saturated carbocycles. The van der Waals surface area contributed by atoms with Crippen molar-refractivity contribution in [3.05, 3.63) is 0 Å². The van der Waals surface area contributed by atoms with Crippen LogP contribution in [0.3, 0.4) is 0 Å². The van der Waals surface area contributed by atoms with Crippen molar-refractivity contribution in [2.24, 2.45) is 5.92 Å². The van der Waals surface area contributed by atoms with Crippen LogP contribution in [-0.2, 0) is 9.53 Å². The molecule has 1 aliphatic heterocycles. The van der Waals surface area contributed by atoms with Gasteiger partial charge in [0, 0.05) is 20.2 Å². The van der Waals surface area contributed by atoms with Crippen LogP contribution in [-0.4, -0.2) is 54.9 Å². The number of urea groups is 1. The standard InChI is InChI=1S/C12H22N2O4/c1-3-10(8-18-2)13-12(17)14-6-4-5-9(7-14)11(15)16/h9-10H,3-8H2,1-2H3,(H,13,17)(H,15,16). The first-order chi connectivity index (χ1) is 8.58. The molecule has 6 nitrogen and oxygen atoms in total. The molecule has 1 rings (SSSR count). The molecule has 1 aliphatic rings. The van der Waals surface area contributed by atoms with Crippen molar-refractivity contribution in [2.45, 2.75) is 32.2 Å². The van der Waals surface area contributed by atoms with Crippen molar-refractivity contribution in [2.75, 3.05) is 26.8 Å². The van der Waals surface area contributed by atoms with Crippen molar-refractivity contribution >= 4 is 12.0 Å². The summed E-state index contributed by atoms with van der Waals surface area (Å²) in [4.78, 5) is 24.5. The van der Waals surface area contributed by atoms with Gasteiger partial charge in [-0.05, 0) is 19.3 Å². The molecule has 0 radical (unpaired) electrons. The highest BCUT2D eigenvalue weighted by Crippen LogP contribution is 2.16. The van der Waals surface area contributed by atoms with E-state index in [-0.39, 0.29) is 12.1 Å². The molecule has 1 saturated heterocycles. The molecule has 2 atom stereocenters. The Hall–Kier alpha value is -1.30. The predicted octanol–water partition coefficient (Wildman–Crippen LogP) is 0.918. The molecule has 104 valence electrons. The third-order valence-corrected chi connectivity index (χ3v) is 3.25. The van der Waals surface area contributed by atoms with Gasteiger partial charge in [-0.25, -0.2) is 4.79 Å². The number of hydrogen-bond donors (Lipinski definition) is 2. The van der Waals surface area contributed by atoms with Crippen LogP contribution >= 0.6 is 0 Å². The maximum absolute atomic E-state index is 12.0. The zero-order valence-corrected chi connectivity index (χ0v) is 11.0. The summed E-state index contributed by atoms with van der Waals surface area (Å²) in [6.07, 6.45) is 2.18. The Morgan fingerprint density at radius 3 is 2.83 bits per heavy atom. The number of aliphatic carboxylic acids is 1. The number of ether oxygens (including phenoxy) is 1. The Kier molecular flexibility index (Phi) is 5.91. The minimum atomic E-state index is -0.823. The fraction of sp³-hybridized carbons (Fsp3) is 0.833. The number of amides is 2. The fourth-order valence-corrected chi connectivity index (χ4v) is 2.09. The third kappa shape index (κ3) is 4.18. The van der Waals surface area contributed by atoms with Gasteiger partial charge in [-0.2, -0.15) is 0 Å². The Bertz CT molecular complexity index is 296. The highest BCUT2D eigenvalue weighted by Gasteiger charge is 2.28. The molecule has 2 N–H and O–H groups in total. The third-order valence-electron chi connectivity index (χ3n) is 3.25. The Morgan fingerprint density at radius 1 is 1.56 bits per heavy atom. The van der Waals surface area contributed by atoms with Gasteiger partial charge in [-0.15, -0.1) is 0 Å². The molecule has 1 heterocycles. The van der Waals surface area contributed by atoms with Crippen LogP contribution in [0, 0.1) is 5.92 Å². The molecule has 0 aromatic carbocycles. The van der Waals surface area contributed by atoms with Crippen LogP contribution in [0.5, 0.6) is 0 Å². The van der Waals surface area contributed by atoms with Crippen LogP contribution in [0.4, 0.5) is 4.79 Å². The molecule has 0 spiro atoms. The second-order valence-corrected chi connectivity index (χ2v) is 4.63. The highest BCUT2D eigenvalue weighted by atomic mass is 16.5. The van der Waals surface area contributed by atoms with Gasteiger partial charge in [0.1, 0.15) is 0 Å².